The van der Waals surface area contributed by atoms with Crippen LogP contribution in [0.2, 0.25) is 0 Å². The fourth-order valence-corrected chi connectivity index (χ4v) is 2.91. The lowest BCUT2D eigenvalue weighted by Crippen LogP contribution is -2.34. The van der Waals surface area contributed by atoms with Gasteiger partial charge in [-0.3, -0.25) is 0 Å². The van der Waals surface area contributed by atoms with E-state index in [1.54, 1.807) is 6.07 Å². The second-order valence-corrected chi connectivity index (χ2v) is 5.59. The minimum Gasteiger partial charge on any atom is -0.381 e. The van der Waals surface area contributed by atoms with E-state index in [1.165, 1.54) is 6.07 Å². The predicted molar refractivity (Wildman–Crippen MR) is 74.1 cm³/mol. The van der Waals surface area contributed by atoms with Crippen LogP contribution in [0.5, 0.6) is 0 Å². The van der Waals surface area contributed by atoms with Crippen molar-refractivity contribution in [1.82, 2.24) is 5.32 Å². The van der Waals surface area contributed by atoms with E-state index < -0.39 is 0 Å². The van der Waals surface area contributed by atoms with Gasteiger partial charge in [0.2, 0.25) is 0 Å². The lowest BCUT2D eigenvalue weighted by atomic mass is 9.88. The predicted octanol–water partition coefficient (Wildman–Crippen LogP) is 3.67. The third-order valence-electron chi connectivity index (χ3n) is 3.38. The highest BCUT2D eigenvalue weighted by molar-refractivity contribution is 9.10. The zero-order valence-corrected chi connectivity index (χ0v) is 12.2. The van der Waals surface area contributed by atoms with E-state index in [-0.39, 0.29) is 11.9 Å². The molecule has 0 aliphatic carbocycles. The van der Waals surface area contributed by atoms with E-state index in [2.05, 4.69) is 21.2 Å². The van der Waals surface area contributed by atoms with Crippen LogP contribution in [0.3, 0.4) is 0 Å². The Bertz CT molecular complexity index is 393. The molecular weight excluding hydrogens is 297 g/mol. The molecule has 2 rings (SSSR count). The zero-order valence-electron chi connectivity index (χ0n) is 10.6. The minimum atomic E-state index is -0.144. The number of hydrogen-bond donors (Lipinski definition) is 1. The summed E-state index contributed by atoms with van der Waals surface area (Å²) in [6.07, 6.45) is 2.14. The van der Waals surface area contributed by atoms with Crippen molar-refractivity contribution in [2.24, 2.45) is 5.92 Å². The van der Waals surface area contributed by atoms with Crippen LogP contribution in [0.25, 0.3) is 0 Å². The summed E-state index contributed by atoms with van der Waals surface area (Å²) < 4.78 is 20.4. The summed E-state index contributed by atoms with van der Waals surface area (Å²) in [5.74, 6) is 0.206. The van der Waals surface area contributed by atoms with Crippen molar-refractivity contribution in [3.05, 3.63) is 34.1 Å². The van der Waals surface area contributed by atoms with Crippen LogP contribution in [0, 0.1) is 11.7 Å². The SMILES string of the molecule is CCNC(c1cc(Br)ccc1F)C1CCCOC1. The maximum Gasteiger partial charge on any atom is 0.128 e. The Kier molecular flexibility index (Phi) is 5.15. The van der Waals surface area contributed by atoms with Crippen molar-refractivity contribution >= 4 is 15.9 Å². The molecule has 1 aliphatic rings. The van der Waals surface area contributed by atoms with Crippen molar-refractivity contribution in [2.45, 2.75) is 25.8 Å². The smallest absolute Gasteiger partial charge is 0.128 e. The van der Waals surface area contributed by atoms with Gasteiger partial charge in [-0.2, -0.15) is 0 Å². The first kappa shape index (κ1) is 14.0. The van der Waals surface area contributed by atoms with Gasteiger partial charge in [-0.15, -0.1) is 0 Å². The van der Waals surface area contributed by atoms with Gasteiger partial charge in [-0.1, -0.05) is 22.9 Å². The Morgan fingerprint density at radius 1 is 1.56 bits per heavy atom. The number of hydrogen-bond acceptors (Lipinski definition) is 2. The van der Waals surface area contributed by atoms with E-state index in [0.29, 0.717) is 12.5 Å². The molecule has 18 heavy (non-hydrogen) atoms. The van der Waals surface area contributed by atoms with Crippen molar-refractivity contribution in [3.63, 3.8) is 0 Å². The molecule has 1 aromatic rings. The summed E-state index contributed by atoms with van der Waals surface area (Å²) in [7, 11) is 0. The van der Waals surface area contributed by atoms with Gasteiger partial charge < -0.3 is 10.1 Å². The van der Waals surface area contributed by atoms with Crippen molar-refractivity contribution in [1.29, 1.82) is 0 Å². The van der Waals surface area contributed by atoms with E-state index in [4.69, 9.17) is 4.74 Å². The molecule has 0 saturated carbocycles. The first-order valence-corrected chi connectivity index (χ1v) is 7.27. The molecule has 0 radical (unpaired) electrons. The van der Waals surface area contributed by atoms with E-state index >= 15 is 0 Å². The minimum absolute atomic E-state index is 0.0350. The van der Waals surface area contributed by atoms with Crippen molar-refractivity contribution in [3.8, 4) is 0 Å². The Morgan fingerprint density at radius 3 is 3.06 bits per heavy atom. The lowest BCUT2D eigenvalue weighted by Gasteiger charge is -2.31. The molecule has 0 bridgehead atoms. The van der Waals surface area contributed by atoms with Gasteiger partial charge in [-0.25, -0.2) is 4.39 Å². The summed E-state index contributed by atoms with van der Waals surface area (Å²) in [6.45, 7) is 4.42. The van der Waals surface area contributed by atoms with Crippen LogP contribution in [-0.4, -0.2) is 19.8 Å². The average Bonchev–Trinajstić information content (AvgIpc) is 2.40. The molecule has 1 aromatic carbocycles. The van der Waals surface area contributed by atoms with Crippen LogP contribution < -0.4 is 5.32 Å². The fourth-order valence-electron chi connectivity index (χ4n) is 2.53. The summed E-state index contributed by atoms with van der Waals surface area (Å²) in [6, 6.07) is 5.16. The molecule has 1 N–H and O–H groups in total. The van der Waals surface area contributed by atoms with Crippen LogP contribution in [0.4, 0.5) is 4.39 Å². The number of ether oxygens (including phenoxy) is 1. The van der Waals surface area contributed by atoms with Crippen LogP contribution >= 0.6 is 15.9 Å². The molecule has 1 heterocycles. The van der Waals surface area contributed by atoms with Crippen LogP contribution in [-0.2, 0) is 4.74 Å². The molecule has 1 saturated heterocycles. The normalized spacial score (nSPS) is 21.8. The average molecular weight is 316 g/mol. The monoisotopic (exact) mass is 315 g/mol. The zero-order chi connectivity index (χ0) is 13.0. The molecule has 0 amide bonds. The van der Waals surface area contributed by atoms with Gasteiger partial charge in [0, 0.05) is 28.6 Å². The highest BCUT2D eigenvalue weighted by atomic mass is 79.9. The third-order valence-corrected chi connectivity index (χ3v) is 3.88. The van der Waals surface area contributed by atoms with Gasteiger partial charge >= 0.3 is 0 Å². The Morgan fingerprint density at radius 2 is 2.39 bits per heavy atom. The lowest BCUT2D eigenvalue weighted by molar-refractivity contribution is 0.0387. The first-order valence-electron chi connectivity index (χ1n) is 6.48. The topological polar surface area (TPSA) is 21.3 Å². The van der Waals surface area contributed by atoms with Crippen LogP contribution in [0.15, 0.2) is 22.7 Å². The summed E-state index contributed by atoms with van der Waals surface area (Å²) in [5.41, 5.74) is 0.738. The van der Waals surface area contributed by atoms with Crippen molar-refractivity contribution < 1.29 is 9.13 Å². The molecule has 4 heteroatoms. The van der Waals surface area contributed by atoms with Gasteiger partial charge in [0.05, 0.1) is 6.61 Å². The maximum atomic E-state index is 14.0. The molecule has 2 unspecified atom stereocenters. The molecule has 2 atom stereocenters. The fraction of sp³-hybridized carbons (Fsp3) is 0.571. The Hall–Kier alpha value is -0.450. The second kappa shape index (κ2) is 6.64. The summed E-state index contributed by atoms with van der Waals surface area (Å²) in [5, 5.41) is 3.40. The van der Waals surface area contributed by atoms with Crippen LogP contribution in [0.1, 0.15) is 31.4 Å². The summed E-state index contributed by atoms with van der Waals surface area (Å²) >= 11 is 3.41. The van der Waals surface area contributed by atoms with Crippen molar-refractivity contribution in [2.75, 3.05) is 19.8 Å². The molecule has 0 aromatic heterocycles. The number of rotatable bonds is 4. The highest BCUT2D eigenvalue weighted by Crippen LogP contribution is 2.31. The molecular formula is C14H19BrFNO. The largest absolute Gasteiger partial charge is 0.381 e. The Balaban J connectivity index is 2.24. The number of benzene rings is 1. The highest BCUT2D eigenvalue weighted by Gasteiger charge is 2.27. The van der Waals surface area contributed by atoms with Gasteiger partial charge in [-0.05, 0) is 37.6 Å². The molecule has 1 aliphatic heterocycles. The number of nitrogens with one attached hydrogen (secondary N) is 1. The molecule has 2 nitrogen and oxygen atoms in total. The third kappa shape index (κ3) is 3.31. The van der Waals surface area contributed by atoms with Gasteiger partial charge in [0.15, 0.2) is 0 Å². The summed E-state index contributed by atoms with van der Waals surface area (Å²) in [4.78, 5) is 0. The van der Waals surface area contributed by atoms with Gasteiger partial charge in [0.1, 0.15) is 5.82 Å². The van der Waals surface area contributed by atoms with Gasteiger partial charge in [0.25, 0.3) is 0 Å². The molecule has 100 valence electrons. The standard InChI is InChI=1S/C14H19BrFNO/c1-2-17-14(10-4-3-7-18-9-10)12-8-11(15)5-6-13(12)16/h5-6,8,10,14,17H,2-4,7,9H2,1H3. The van der Waals surface area contributed by atoms with E-state index in [9.17, 15) is 4.39 Å². The van der Waals surface area contributed by atoms with E-state index in [1.807, 2.05) is 13.0 Å². The quantitative estimate of drug-likeness (QED) is 0.915. The molecule has 1 fully saturated rings. The maximum absolute atomic E-state index is 14.0. The first-order chi connectivity index (χ1) is 8.72. The second-order valence-electron chi connectivity index (χ2n) is 4.68. The number of halogens is 2. The van der Waals surface area contributed by atoms with E-state index in [0.717, 1.165) is 36.0 Å². The molecule has 0 spiro atoms. The Labute approximate surface area is 116 Å².